The van der Waals surface area contributed by atoms with Gasteiger partial charge in [-0.05, 0) is 50.6 Å². The molecule has 3 rings (SSSR count). The Labute approximate surface area is 135 Å². The maximum atomic E-state index is 12.2. The monoisotopic (exact) mass is 321 g/mol. The van der Waals surface area contributed by atoms with Crippen molar-refractivity contribution in [2.45, 2.75) is 25.8 Å². The Morgan fingerprint density at radius 1 is 1.36 bits per heavy atom. The van der Waals surface area contributed by atoms with Crippen molar-refractivity contribution in [1.82, 2.24) is 20.3 Å². The van der Waals surface area contributed by atoms with E-state index in [2.05, 4.69) is 20.9 Å². The van der Waals surface area contributed by atoms with Gasteiger partial charge in [0, 0.05) is 5.69 Å². The Bertz CT molecular complexity index is 636. The molecule has 1 aromatic heterocycles. The number of hydrogen-bond donors (Lipinski definition) is 2. The Balaban J connectivity index is 0.00000176. The minimum Gasteiger partial charge on any atom is -0.321 e. The predicted octanol–water partition coefficient (Wildman–Crippen LogP) is 2.19. The van der Waals surface area contributed by atoms with Gasteiger partial charge in [-0.1, -0.05) is 17.3 Å². The highest BCUT2D eigenvalue weighted by molar-refractivity contribution is 6.02. The van der Waals surface area contributed by atoms with Crippen molar-refractivity contribution in [3.8, 4) is 0 Å². The van der Waals surface area contributed by atoms with E-state index in [1.807, 2.05) is 35.9 Å². The van der Waals surface area contributed by atoms with E-state index in [-0.39, 0.29) is 18.3 Å². The third-order valence-corrected chi connectivity index (χ3v) is 3.70. The molecule has 2 heterocycles. The first kappa shape index (κ1) is 16.5. The molecule has 1 saturated heterocycles. The average molecular weight is 322 g/mol. The van der Waals surface area contributed by atoms with Crippen LogP contribution in [0.2, 0.25) is 0 Å². The van der Waals surface area contributed by atoms with E-state index in [1.54, 1.807) is 6.20 Å². The molecule has 1 fully saturated rings. The third-order valence-electron chi connectivity index (χ3n) is 3.70. The van der Waals surface area contributed by atoms with Gasteiger partial charge < -0.3 is 10.6 Å². The maximum Gasteiger partial charge on any atom is 0.277 e. The minimum atomic E-state index is -0.221. The first-order valence-corrected chi connectivity index (χ1v) is 7.23. The van der Waals surface area contributed by atoms with Crippen LogP contribution in [0.15, 0.2) is 30.5 Å². The lowest BCUT2D eigenvalue weighted by Crippen LogP contribution is -2.29. The zero-order valence-corrected chi connectivity index (χ0v) is 13.3. The number of hydrogen-bond acceptors (Lipinski definition) is 4. The van der Waals surface area contributed by atoms with E-state index in [4.69, 9.17) is 0 Å². The standard InChI is InChI=1S/C15H19N5O.ClH/c1-11-3-2-4-12(9-11)17-15(21)14-10-20(19-18-14)13-5-7-16-8-6-13;/h2-4,9-10,13,16H,5-8H2,1H3,(H,17,21);1H. The number of anilines is 1. The highest BCUT2D eigenvalue weighted by atomic mass is 35.5. The molecule has 118 valence electrons. The van der Waals surface area contributed by atoms with E-state index in [0.717, 1.165) is 37.2 Å². The normalized spacial score (nSPS) is 15.1. The van der Waals surface area contributed by atoms with Crippen LogP contribution in [-0.4, -0.2) is 34.0 Å². The van der Waals surface area contributed by atoms with Gasteiger partial charge in [-0.25, -0.2) is 4.68 Å². The number of nitrogens with zero attached hydrogens (tertiary/aromatic N) is 3. The summed E-state index contributed by atoms with van der Waals surface area (Å²) in [6, 6.07) is 8.02. The summed E-state index contributed by atoms with van der Waals surface area (Å²) in [5.41, 5.74) is 2.23. The van der Waals surface area contributed by atoms with Gasteiger partial charge in [0.2, 0.25) is 0 Å². The number of piperidine rings is 1. The van der Waals surface area contributed by atoms with Gasteiger partial charge in [-0.15, -0.1) is 17.5 Å². The third kappa shape index (κ3) is 3.84. The SMILES string of the molecule is Cc1cccc(NC(=O)c2cn(C3CCNCC3)nn2)c1.Cl. The van der Waals surface area contributed by atoms with Crippen LogP contribution in [0.25, 0.3) is 0 Å². The molecule has 1 aromatic carbocycles. The van der Waals surface area contributed by atoms with E-state index >= 15 is 0 Å². The number of carbonyl (C=O) groups excluding carboxylic acids is 1. The molecule has 0 spiro atoms. The van der Waals surface area contributed by atoms with Crippen molar-refractivity contribution >= 4 is 24.0 Å². The van der Waals surface area contributed by atoms with Crippen LogP contribution in [0.3, 0.4) is 0 Å². The number of carbonyl (C=O) groups is 1. The molecular weight excluding hydrogens is 302 g/mol. The smallest absolute Gasteiger partial charge is 0.277 e. The van der Waals surface area contributed by atoms with Crippen LogP contribution in [0.5, 0.6) is 0 Å². The van der Waals surface area contributed by atoms with Gasteiger partial charge in [0.25, 0.3) is 5.91 Å². The van der Waals surface area contributed by atoms with E-state index in [1.165, 1.54) is 0 Å². The zero-order chi connectivity index (χ0) is 14.7. The molecule has 0 atom stereocenters. The molecule has 1 aliphatic rings. The van der Waals surface area contributed by atoms with Gasteiger partial charge in [-0.3, -0.25) is 4.79 Å². The molecule has 2 aromatic rings. The van der Waals surface area contributed by atoms with Crippen LogP contribution in [0.4, 0.5) is 5.69 Å². The zero-order valence-electron chi connectivity index (χ0n) is 12.5. The fraction of sp³-hybridized carbons (Fsp3) is 0.400. The van der Waals surface area contributed by atoms with Crippen molar-refractivity contribution in [2.75, 3.05) is 18.4 Å². The number of halogens is 1. The second-order valence-electron chi connectivity index (χ2n) is 5.39. The molecule has 0 unspecified atom stereocenters. The molecule has 22 heavy (non-hydrogen) atoms. The van der Waals surface area contributed by atoms with Crippen LogP contribution < -0.4 is 10.6 Å². The van der Waals surface area contributed by atoms with Crippen LogP contribution >= 0.6 is 12.4 Å². The Kier molecular flexibility index (Phi) is 5.51. The van der Waals surface area contributed by atoms with Crippen molar-refractivity contribution in [3.05, 3.63) is 41.7 Å². The average Bonchev–Trinajstić information content (AvgIpc) is 2.98. The summed E-state index contributed by atoms with van der Waals surface area (Å²) in [6.07, 6.45) is 3.77. The summed E-state index contributed by atoms with van der Waals surface area (Å²) in [5, 5.41) is 14.2. The molecule has 0 saturated carbocycles. The van der Waals surface area contributed by atoms with Crippen molar-refractivity contribution in [1.29, 1.82) is 0 Å². The summed E-state index contributed by atoms with van der Waals surface area (Å²) in [7, 11) is 0. The lowest BCUT2D eigenvalue weighted by atomic mass is 10.1. The maximum absolute atomic E-state index is 12.2. The van der Waals surface area contributed by atoms with Crippen molar-refractivity contribution in [2.24, 2.45) is 0 Å². The number of nitrogens with one attached hydrogen (secondary N) is 2. The number of rotatable bonds is 3. The lowest BCUT2D eigenvalue weighted by molar-refractivity contribution is 0.102. The van der Waals surface area contributed by atoms with Crippen LogP contribution in [0, 0.1) is 6.92 Å². The van der Waals surface area contributed by atoms with Gasteiger partial charge in [0.05, 0.1) is 12.2 Å². The first-order valence-electron chi connectivity index (χ1n) is 7.23. The molecule has 0 bridgehead atoms. The molecular formula is C15H20ClN5O. The Morgan fingerprint density at radius 3 is 2.86 bits per heavy atom. The summed E-state index contributed by atoms with van der Waals surface area (Å²) in [5.74, 6) is -0.221. The summed E-state index contributed by atoms with van der Waals surface area (Å²) >= 11 is 0. The molecule has 0 radical (unpaired) electrons. The van der Waals surface area contributed by atoms with Crippen molar-refractivity contribution in [3.63, 3.8) is 0 Å². The van der Waals surface area contributed by atoms with Crippen LogP contribution in [0.1, 0.15) is 34.9 Å². The van der Waals surface area contributed by atoms with Crippen LogP contribution in [-0.2, 0) is 0 Å². The second kappa shape index (κ2) is 7.38. The summed E-state index contributed by atoms with van der Waals surface area (Å²) in [6.45, 7) is 3.95. The molecule has 0 aliphatic carbocycles. The van der Waals surface area contributed by atoms with Gasteiger partial charge in [0.1, 0.15) is 0 Å². The number of aromatic nitrogens is 3. The van der Waals surface area contributed by atoms with Gasteiger partial charge >= 0.3 is 0 Å². The quantitative estimate of drug-likeness (QED) is 0.909. The molecule has 6 nitrogen and oxygen atoms in total. The topological polar surface area (TPSA) is 71.8 Å². The highest BCUT2D eigenvalue weighted by Gasteiger charge is 2.18. The summed E-state index contributed by atoms with van der Waals surface area (Å²) in [4.78, 5) is 12.2. The number of aryl methyl sites for hydroxylation is 1. The molecule has 2 N–H and O–H groups in total. The van der Waals surface area contributed by atoms with E-state index in [0.29, 0.717) is 11.7 Å². The summed E-state index contributed by atoms with van der Waals surface area (Å²) < 4.78 is 1.81. The van der Waals surface area contributed by atoms with Gasteiger partial charge in [0.15, 0.2) is 5.69 Å². The highest BCUT2D eigenvalue weighted by Crippen LogP contribution is 2.17. The van der Waals surface area contributed by atoms with E-state index < -0.39 is 0 Å². The van der Waals surface area contributed by atoms with E-state index in [9.17, 15) is 4.79 Å². The molecule has 1 amide bonds. The predicted molar refractivity (Wildman–Crippen MR) is 87.5 cm³/mol. The first-order chi connectivity index (χ1) is 10.2. The van der Waals surface area contributed by atoms with Gasteiger partial charge in [-0.2, -0.15) is 0 Å². The largest absolute Gasteiger partial charge is 0.321 e. The Morgan fingerprint density at radius 2 is 2.14 bits per heavy atom. The fourth-order valence-corrected chi connectivity index (χ4v) is 2.55. The molecule has 1 aliphatic heterocycles. The van der Waals surface area contributed by atoms with Crippen molar-refractivity contribution < 1.29 is 4.79 Å². The number of benzene rings is 1. The lowest BCUT2D eigenvalue weighted by Gasteiger charge is -2.22. The minimum absolute atomic E-state index is 0. The molecule has 7 heteroatoms. The fourth-order valence-electron chi connectivity index (χ4n) is 2.55. The number of amides is 1. The second-order valence-corrected chi connectivity index (χ2v) is 5.39. The Hall–Kier alpha value is -1.92.